The van der Waals surface area contributed by atoms with Gasteiger partial charge in [0.1, 0.15) is 0 Å². The van der Waals surface area contributed by atoms with Crippen LogP contribution in [0.2, 0.25) is 0 Å². The number of rotatable bonds is 4. The van der Waals surface area contributed by atoms with Crippen LogP contribution in [0.4, 0.5) is 0 Å². The second-order valence-electron chi connectivity index (χ2n) is 4.91. The minimum Gasteiger partial charge on any atom is -0.501 e. The molecule has 0 radical (unpaired) electrons. The monoisotopic (exact) mass is 212 g/mol. The van der Waals surface area contributed by atoms with Crippen molar-refractivity contribution < 1.29 is 4.74 Å². The highest BCUT2D eigenvalue weighted by molar-refractivity contribution is 8.00. The van der Waals surface area contributed by atoms with Gasteiger partial charge in [-0.15, -0.1) is 0 Å². The number of ether oxygens (including phenoxy) is 1. The van der Waals surface area contributed by atoms with Gasteiger partial charge in [0.15, 0.2) is 0 Å². The minimum absolute atomic E-state index is 0.582. The van der Waals surface area contributed by atoms with Crippen molar-refractivity contribution in [3.05, 3.63) is 11.8 Å². The molecule has 2 heteroatoms. The highest BCUT2D eigenvalue weighted by atomic mass is 32.2. The maximum absolute atomic E-state index is 5.62. The smallest absolute Gasteiger partial charge is 0.0879 e. The standard InChI is InChI=1S/C12H20OS/c1-12(9-14-10-12)6-7-13-8-11-4-2-3-5-11/h8H,2-7,9-10H2,1H3. The van der Waals surface area contributed by atoms with Crippen molar-refractivity contribution in [2.45, 2.75) is 39.0 Å². The van der Waals surface area contributed by atoms with Crippen molar-refractivity contribution in [1.82, 2.24) is 0 Å². The van der Waals surface area contributed by atoms with Crippen LogP contribution in [0.3, 0.4) is 0 Å². The molecule has 2 aliphatic rings. The van der Waals surface area contributed by atoms with E-state index in [1.807, 2.05) is 6.26 Å². The predicted octanol–water partition coefficient (Wildman–Crippen LogP) is 3.60. The first-order valence-electron chi connectivity index (χ1n) is 5.66. The van der Waals surface area contributed by atoms with Crippen LogP contribution in [0.15, 0.2) is 11.8 Å². The summed E-state index contributed by atoms with van der Waals surface area (Å²) in [6.07, 6.45) is 8.53. The predicted molar refractivity (Wildman–Crippen MR) is 62.6 cm³/mol. The summed E-state index contributed by atoms with van der Waals surface area (Å²) in [5, 5.41) is 0. The molecule has 1 heterocycles. The fraction of sp³-hybridized carbons (Fsp3) is 0.833. The summed E-state index contributed by atoms with van der Waals surface area (Å²) in [6.45, 7) is 3.29. The van der Waals surface area contributed by atoms with E-state index in [0.717, 1.165) is 6.61 Å². The molecule has 0 aromatic heterocycles. The van der Waals surface area contributed by atoms with Crippen molar-refractivity contribution >= 4 is 11.8 Å². The normalized spacial score (nSPS) is 24.5. The van der Waals surface area contributed by atoms with Crippen molar-refractivity contribution in [1.29, 1.82) is 0 Å². The van der Waals surface area contributed by atoms with E-state index in [2.05, 4.69) is 18.7 Å². The summed E-state index contributed by atoms with van der Waals surface area (Å²) < 4.78 is 5.62. The second-order valence-corrected chi connectivity index (χ2v) is 5.89. The Morgan fingerprint density at radius 2 is 2.07 bits per heavy atom. The number of thioether (sulfide) groups is 1. The Morgan fingerprint density at radius 1 is 1.36 bits per heavy atom. The van der Waals surface area contributed by atoms with E-state index in [-0.39, 0.29) is 0 Å². The van der Waals surface area contributed by atoms with Gasteiger partial charge in [0.05, 0.1) is 12.9 Å². The first-order chi connectivity index (χ1) is 6.79. The lowest BCUT2D eigenvalue weighted by molar-refractivity contribution is 0.194. The number of hydrogen-bond donors (Lipinski definition) is 0. The summed E-state index contributed by atoms with van der Waals surface area (Å²) in [7, 11) is 0. The third-order valence-electron chi connectivity index (χ3n) is 3.22. The van der Waals surface area contributed by atoms with Gasteiger partial charge < -0.3 is 4.74 Å². The molecule has 1 saturated carbocycles. The first kappa shape index (κ1) is 10.4. The van der Waals surface area contributed by atoms with Crippen molar-refractivity contribution in [3.63, 3.8) is 0 Å². The third-order valence-corrected chi connectivity index (χ3v) is 5.02. The summed E-state index contributed by atoms with van der Waals surface area (Å²) in [6, 6.07) is 0. The fourth-order valence-electron chi connectivity index (χ4n) is 2.02. The zero-order valence-electron chi connectivity index (χ0n) is 9.05. The van der Waals surface area contributed by atoms with E-state index >= 15 is 0 Å². The van der Waals surface area contributed by atoms with E-state index in [1.165, 1.54) is 49.2 Å². The highest BCUT2D eigenvalue weighted by Gasteiger charge is 2.31. The average molecular weight is 212 g/mol. The summed E-state index contributed by atoms with van der Waals surface area (Å²) >= 11 is 2.06. The molecule has 1 aliphatic heterocycles. The van der Waals surface area contributed by atoms with Gasteiger partial charge in [-0.25, -0.2) is 0 Å². The van der Waals surface area contributed by atoms with Crippen LogP contribution in [-0.4, -0.2) is 18.1 Å². The van der Waals surface area contributed by atoms with Crippen molar-refractivity contribution in [3.8, 4) is 0 Å². The van der Waals surface area contributed by atoms with Crippen molar-refractivity contribution in [2.75, 3.05) is 18.1 Å². The van der Waals surface area contributed by atoms with Gasteiger partial charge in [0, 0.05) is 0 Å². The molecule has 1 saturated heterocycles. The van der Waals surface area contributed by atoms with Crippen LogP contribution >= 0.6 is 11.8 Å². The molecular weight excluding hydrogens is 192 g/mol. The van der Waals surface area contributed by atoms with Crippen LogP contribution in [0, 0.1) is 5.41 Å². The molecule has 1 aliphatic carbocycles. The molecule has 2 fully saturated rings. The van der Waals surface area contributed by atoms with Gasteiger partial charge in [-0.1, -0.05) is 6.92 Å². The molecule has 0 N–H and O–H groups in total. The van der Waals surface area contributed by atoms with Crippen LogP contribution in [0.5, 0.6) is 0 Å². The van der Waals surface area contributed by atoms with Crippen molar-refractivity contribution in [2.24, 2.45) is 5.41 Å². The fourth-order valence-corrected chi connectivity index (χ4v) is 3.21. The van der Waals surface area contributed by atoms with E-state index < -0.39 is 0 Å². The molecule has 14 heavy (non-hydrogen) atoms. The van der Waals surface area contributed by atoms with Gasteiger partial charge in [0.25, 0.3) is 0 Å². The third kappa shape index (κ3) is 2.69. The second kappa shape index (κ2) is 4.61. The Morgan fingerprint density at radius 3 is 2.64 bits per heavy atom. The molecule has 0 atom stereocenters. The largest absolute Gasteiger partial charge is 0.501 e. The van der Waals surface area contributed by atoms with Gasteiger partial charge in [-0.05, 0) is 54.6 Å². The minimum atomic E-state index is 0.582. The summed E-state index contributed by atoms with van der Waals surface area (Å²) in [5.41, 5.74) is 2.11. The molecule has 0 amide bonds. The van der Waals surface area contributed by atoms with Gasteiger partial charge in [0.2, 0.25) is 0 Å². The first-order valence-corrected chi connectivity index (χ1v) is 6.81. The molecule has 1 nitrogen and oxygen atoms in total. The Hall–Kier alpha value is -0.110. The number of allylic oxidation sites excluding steroid dienone is 1. The number of hydrogen-bond acceptors (Lipinski definition) is 2. The molecular formula is C12H20OS. The lowest BCUT2D eigenvalue weighted by Gasteiger charge is -2.37. The molecule has 0 spiro atoms. The molecule has 0 aromatic carbocycles. The average Bonchev–Trinajstić information content (AvgIpc) is 2.62. The van der Waals surface area contributed by atoms with Crippen LogP contribution in [-0.2, 0) is 4.74 Å². The Labute approximate surface area is 91.3 Å². The molecule has 0 aromatic rings. The van der Waals surface area contributed by atoms with Gasteiger partial charge >= 0.3 is 0 Å². The Bertz CT molecular complexity index is 210. The van der Waals surface area contributed by atoms with E-state index in [1.54, 1.807) is 0 Å². The topological polar surface area (TPSA) is 9.23 Å². The van der Waals surface area contributed by atoms with Crippen LogP contribution in [0.25, 0.3) is 0 Å². The van der Waals surface area contributed by atoms with E-state index in [0.29, 0.717) is 5.41 Å². The van der Waals surface area contributed by atoms with E-state index in [4.69, 9.17) is 4.74 Å². The van der Waals surface area contributed by atoms with Crippen LogP contribution in [0.1, 0.15) is 39.0 Å². The Balaban J connectivity index is 1.60. The molecule has 0 unspecified atom stereocenters. The quantitative estimate of drug-likeness (QED) is 0.520. The van der Waals surface area contributed by atoms with Gasteiger partial charge in [-0.2, -0.15) is 11.8 Å². The molecule has 0 bridgehead atoms. The Kier molecular flexibility index (Phi) is 3.42. The highest BCUT2D eigenvalue weighted by Crippen LogP contribution is 2.40. The summed E-state index contributed by atoms with van der Waals surface area (Å²) in [5.74, 6) is 2.65. The maximum Gasteiger partial charge on any atom is 0.0879 e. The molecule has 80 valence electrons. The maximum atomic E-state index is 5.62. The zero-order valence-corrected chi connectivity index (χ0v) is 9.87. The summed E-state index contributed by atoms with van der Waals surface area (Å²) in [4.78, 5) is 0. The van der Waals surface area contributed by atoms with Gasteiger partial charge in [-0.3, -0.25) is 0 Å². The zero-order chi connectivity index (χ0) is 9.86. The van der Waals surface area contributed by atoms with E-state index in [9.17, 15) is 0 Å². The SMILES string of the molecule is CC1(CCOC=C2CCCC2)CSC1. The molecule has 2 rings (SSSR count). The van der Waals surface area contributed by atoms with Crippen LogP contribution < -0.4 is 0 Å². The lowest BCUT2D eigenvalue weighted by atomic mass is 9.91. The lowest BCUT2D eigenvalue weighted by Crippen LogP contribution is -2.33.